The summed E-state index contributed by atoms with van der Waals surface area (Å²) in [6, 6.07) is 7.64. The summed E-state index contributed by atoms with van der Waals surface area (Å²) >= 11 is 0. The molecule has 0 heterocycles. The highest BCUT2D eigenvalue weighted by Gasteiger charge is 2.26. The van der Waals surface area contributed by atoms with Gasteiger partial charge in [0.1, 0.15) is 5.60 Å². The average Bonchev–Trinajstić information content (AvgIpc) is 2.45. The summed E-state index contributed by atoms with van der Waals surface area (Å²) in [4.78, 5) is 11.9. The van der Waals surface area contributed by atoms with Gasteiger partial charge in [0.05, 0.1) is 6.61 Å². The number of hydrogen-bond acceptors (Lipinski definition) is 3. The van der Waals surface area contributed by atoms with Crippen molar-refractivity contribution in [2.75, 3.05) is 13.7 Å². The van der Waals surface area contributed by atoms with Crippen LogP contribution in [0.3, 0.4) is 0 Å². The topological polar surface area (TPSA) is 58.6 Å². The molecule has 0 atom stereocenters. The summed E-state index contributed by atoms with van der Waals surface area (Å²) in [6.45, 7) is 3.94. The van der Waals surface area contributed by atoms with Crippen molar-refractivity contribution in [3.63, 3.8) is 0 Å². The molecule has 1 amide bonds. The molecular weight excluding hydrogens is 254 g/mol. The molecule has 1 aromatic rings. The number of methoxy groups -OCH3 is 1. The molecule has 20 heavy (non-hydrogen) atoms. The highest BCUT2D eigenvalue weighted by molar-refractivity contribution is 5.84. The van der Waals surface area contributed by atoms with Crippen LogP contribution in [0.15, 0.2) is 24.3 Å². The van der Waals surface area contributed by atoms with Crippen LogP contribution in [-0.2, 0) is 16.1 Å². The number of aliphatic hydroxyl groups is 1. The van der Waals surface area contributed by atoms with Crippen LogP contribution >= 0.6 is 0 Å². The zero-order valence-electron chi connectivity index (χ0n) is 12.2. The van der Waals surface area contributed by atoms with E-state index in [2.05, 4.69) is 17.2 Å². The minimum absolute atomic E-state index is 0.0643. The lowest BCUT2D eigenvalue weighted by Gasteiger charge is -2.21. The smallest absolute Gasteiger partial charge is 0.251 e. The molecule has 0 aliphatic heterocycles. The number of aliphatic hydroxyl groups excluding tert-OH is 1. The van der Waals surface area contributed by atoms with Gasteiger partial charge in [-0.15, -0.1) is 0 Å². The lowest BCUT2D eigenvalue weighted by molar-refractivity contribution is -0.139. The summed E-state index contributed by atoms with van der Waals surface area (Å²) in [7, 11) is 1.51. The Kier molecular flexibility index (Phi) is 6.23. The van der Waals surface area contributed by atoms with Crippen molar-refractivity contribution in [3.8, 4) is 11.8 Å². The molecule has 0 saturated heterocycles. The van der Waals surface area contributed by atoms with Crippen molar-refractivity contribution in [1.29, 1.82) is 0 Å². The zero-order chi connectivity index (χ0) is 15.0. The van der Waals surface area contributed by atoms with Crippen LogP contribution in [0.5, 0.6) is 0 Å². The Morgan fingerprint density at radius 2 is 2.20 bits per heavy atom. The second kappa shape index (κ2) is 7.68. The number of hydrogen-bond donors (Lipinski definition) is 2. The molecule has 4 nitrogen and oxygen atoms in total. The van der Waals surface area contributed by atoms with Gasteiger partial charge in [-0.3, -0.25) is 4.79 Å². The maximum atomic E-state index is 11.9. The monoisotopic (exact) mass is 275 g/mol. The number of rotatable bonds is 5. The van der Waals surface area contributed by atoms with Crippen molar-refractivity contribution < 1.29 is 14.6 Å². The van der Waals surface area contributed by atoms with E-state index in [1.807, 2.05) is 24.3 Å². The highest BCUT2D eigenvalue weighted by atomic mass is 16.5. The van der Waals surface area contributed by atoms with E-state index in [1.54, 1.807) is 13.8 Å². The molecule has 0 unspecified atom stereocenters. The Morgan fingerprint density at radius 1 is 1.45 bits per heavy atom. The van der Waals surface area contributed by atoms with Gasteiger partial charge in [0.2, 0.25) is 0 Å². The molecule has 0 aromatic heterocycles. The second-order valence-corrected chi connectivity index (χ2v) is 4.87. The Labute approximate surface area is 120 Å². The van der Waals surface area contributed by atoms with E-state index >= 15 is 0 Å². The van der Waals surface area contributed by atoms with E-state index in [0.29, 0.717) is 13.0 Å². The Hall–Kier alpha value is -1.83. The van der Waals surface area contributed by atoms with Gasteiger partial charge in [0.15, 0.2) is 0 Å². The maximum Gasteiger partial charge on any atom is 0.251 e. The van der Waals surface area contributed by atoms with E-state index in [-0.39, 0.29) is 12.5 Å². The molecule has 1 rings (SSSR count). The Balaban J connectivity index is 2.64. The van der Waals surface area contributed by atoms with Crippen molar-refractivity contribution in [2.45, 2.75) is 32.4 Å². The first-order valence-corrected chi connectivity index (χ1v) is 6.51. The third-order valence-electron chi connectivity index (χ3n) is 2.91. The maximum absolute atomic E-state index is 11.9. The molecule has 0 radical (unpaired) electrons. The molecule has 0 aliphatic carbocycles. The highest BCUT2D eigenvalue weighted by Crippen LogP contribution is 2.09. The third-order valence-corrected chi connectivity index (χ3v) is 2.91. The zero-order valence-corrected chi connectivity index (χ0v) is 12.2. The van der Waals surface area contributed by atoms with Crippen LogP contribution in [0.2, 0.25) is 0 Å². The summed E-state index contributed by atoms with van der Waals surface area (Å²) in [5.41, 5.74) is 1.01. The number of amides is 1. The van der Waals surface area contributed by atoms with Crippen LogP contribution in [0.1, 0.15) is 31.4 Å². The first-order valence-electron chi connectivity index (χ1n) is 6.51. The molecule has 2 N–H and O–H groups in total. The number of benzene rings is 1. The normalized spacial score (nSPS) is 10.6. The van der Waals surface area contributed by atoms with E-state index < -0.39 is 5.60 Å². The second-order valence-electron chi connectivity index (χ2n) is 4.87. The van der Waals surface area contributed by atoms with Crippen LogP contribution in [0.25, 0.3) is 0 Å². The standard InChI is InChI=1S/C16H21NO3/c1-16(2,20-3)15(19)17-12-14-9-6-8-13(11-14)7-4-5-10-18/h6,8-9,11,18H,5,10,12H2,1-3H3,(H,17,19). The molecule has 0 fully saturated rings. The molecule has 0 aliphatic rings. The van der Waals surface area contributed by atoms with E-state index in [0.717, 1.165) is 11.1 Å². The fraction of sp³-hybridized carbons (Fsp3) is 0.438. The molecule has 0 bridgehead atoms. The van der Waals surface area contributed by atoms with E-state index in [1.165, 1.54) is 7.11 Å². The fourth-order valence-electron chi connectivity index (χ4n) is 1.47. The number of ether oxygens (including phenoxy) is 1. The predicted octanol–water partition coefficient (Wildman–Crippen LogP) is 1.46. The Bertz CT molecular complexity index is 512. The summed E-state index contributed by atoms with van der Waals surface area (Å²) < 4.78 is 5.12. The van der Waals surface area contributed by atoms with Crippen LogP contribution < -0.4 is 5.32 Å². The van der Waals surface area contributed by atoms with Gasteiger partial charge in [0, 0.05) is 25.6 Å². The molecular formula is C16H21NO3. The quantitative estimate of drug-likeness (QED) is 0.800. The number of nitrogens with one attached hydrogen (secondary N) is 1. The first kappa shape index (κ1) is 16.2. The summed E-state index contributed by atoms with van der Waals surface area (Å²) in [5, 5.41) is 11.5. The van der Waals surface area contributed by atoms with Crippen molar-refractivity contribution in [3.05, 3.63) is 35.4 Å². The summed E-state index contributed by atoms with van der Waals surface area (Å²) in [6.07, 6.45) is 0.461. The van der Waals surface area contributed by atoms with Gasteiger partial charge in [-0.05, 0) is 31.5 Å². The molecule has 4 heteroatoms. The average molecular weight is 275 g/mol. The van der Waals surface area contributed by atoms with Gasteiger partial charge in [-0.2, -0.15) is 0 Å². The largest absolute Gasteiger partial charge is 0.395 e. The first-order chi connectivity index (χ1) is 9.49. The summed E-state index contributed by atoms with van der Waals surface area (Å²) in [5.74, 6) is 5.68. The SMILES string of the molecule is COC(C)(C)C(=O)NCc1cccc(C#CCCO)c1. The van der Waals surface area contributed by atoms with Crippen LogP contribution in [0.4, 0.5) is 0 Å². The van der Waals surface area contributed by atoms with E-state index in [9.17, 15) is 4.79 Å². The van der Waals surface area contributed by atoms with E-state index in [4.69, 9.17) is 9.84 Å². The lowest BCUT2D eigenvalue weighted by Crippen LogP contribution is -2.43. The minimum Gasteiger partial charge on any atom is -0.395 e. The Morgan fingerprint density at radius 3 is 2.85 bits per heavy atom. The van der Waals surface area contributed by atoms with Crippen LogP contribution in [0, 0.1) is 11.8 Å². The van der Waals surface area contributed by atoms with Gasteiger partial charge in [-0.1, -0.05) is 24.0 Å². The fourth-order valence-corrected chi connectivity index (χ4v) is 1.47. The number of carbonyl (C=O) groups excluding carboxylic acids is 1. The lowest BCUT2D eigenvalue weighted by atomic mass is 10.1. The molecule has 0 saturated carbocycles. The van der Waals surface area contributed by atoms with Gasteiger partial charge >= 0.3 is 0 Å². The van der Waals surface area contributed by atoms with Crippen molar-refractivity contribution in [1.82, 2.24) is 5.32 Å². The van der Waals surface area contributed by atoms with Gasteiger partial charge < -0.3 is 15.2 Å². The molecule has 0 spiro atoms. The predicted molar refractivity (Wildman–Crippen MR) is 78.0 cm³/mol. The van der Waals surface area contributed by atoms with Crippen molar-refractivity contribution in [2.24, 2.45) is 0 Å². The van der Waals surface area contributed by atoms with Gasteiger partial charge in [-0.25, -0.2) is 0 Å². The van der Waals surface area contributed by atoms with Crippen LogP contribution in [-0.4, -0.2) is 30.3 Å². The van der Waals surface area contributed by atoms with Gasteiger partial charge in [0.25, 0.3) is 5.91 Å². The number of carbonyl (C=O) groups is 1. The molecule has 108 valence electrons. The molecule has 1 aromatic carbocycles. The van der Waals surface area contributed by atoms with Crippen molar-refractivity contribution >= 4 is 5.91 Å². The third kappa shape index (κ3) is 5.04. The minimum atomic E-state index is -0.835.